The molecule has 11 heteroatoms. The van der Waals surface area contributed by atoms with Crippen molar-refractivity contribution < 1.29 is 17.6 Å². The fourth-order valence-electron chi connectivity index (χ4n) is 4.68. The summed E-state index contributed by atoms with van der Waals surface area (Å²) < 4.78 is 57.6. The molecule has 3 aromatic rings. The number of para-hydroxylation sites is 1. The Hall–Kier alpha value is -3.28. The van der Waals surface area contributed by atoms with Gasteiger partial charge < -0.3 is 25.8 Å². The van der Waals surface area contributed by atoms with E-state index in [2.05, 4.69) is 25.5 Å². The number of allylic oxidation sites excluding steroid dienone is 1. The summed E-state index contributed by atoms with van der Waals surface area (Å²) in [7, 11) is 5.56. The summed E-state index contributed by atoms with van der Waals surface area (Å²) in [4.78, 5) is 10.2. The molecule has 0 amide bonds. The fourth-order valence-corrected chi connectivity index (χ4v) is 4.68. The van der Waals surface area contributed by atoms with Crippen molar-refractivity contribution in [2.24, 2.45) is 12.8 Å². The smallest absolute Gasteiger partial charge is 0.347 e. The van der Waals surface area contributed by atoms with Gasteiger partial charge in [-0.1, -0.05) is 25.1 Å². The van der Waals surface area contributed by atoms with Crippen molar-refractivity contribution in [3.63, 3.8) is 0 Å². The van der Waals surface area contributed by atoms with Gasteiger partial charge in [-0.05, 0) is 51.8 Å². The summed E-state index contributed by atoms with van der Waals surface area (Å²) in [5.74, 6) is -0.555. The van der Waals surface area contributed by atoms with Crippen LogP contribution in [0.15, 0.2) is 54.5 Å². The Morgan fingerprint density at radius 3 is 2.65 bits per heavy atom. The maximum Gasteiger partial charge on any atom is 0.419 e. The molecule has 2 unspecified atom stereocenters. The second-order valence-electron chi connectivity index (χ2n) is 9.47. The number of nitrogens with one attached hydrogen (secondary N) is 2. The number of aromatic nitrogens is 3. The Balaban J connectivity index is 1.71. The maximum absolute atomic E-state index is 14.4. The molecule has 2 aromatic heterocycles. The summed E-state index contributed by atoms with van der Waals surface area (Å²) in [5.41, 5.74) is 5.67. The number of alkyl halides is 3. The summed E-state index contributed by atoms with van der Waals surface area (Å²) in [6.07, 6.45) is 3.88. The molecule has 4 N–H and O–H groups in total. The number of hydrogen-bond acceptors (Lipinski definition) is 6. The van der Waals surface area contributed by atoms with Crippen molar-refractivity contribution in [3.8, 4) is 11.3 Å². The topological polar surface area (TPSA) is 84.0 Å². The minimum atomic E-state index is -4.70. The summed E-state index contributed by atoms with van der Waals surface area (Å²) in [6, 6.07) is 3.90. The highest BCUT2D eigenvalue weighted by atomic mass is 19.4. The number of benzene rings is 1. The van der Waals surface area contributed by atoms with Crippen molar-refractivity contribution in [2.45, 2.75) is 31.1 Å². The standard InChI is InChI=1S/C26H31F4N7/c1-5-33-25(11-12-36(2)3)10-9-16(13-21(25)31)34-24-32-14-19(26(28,29)30)22(35-24)18-15-37(4)23-17(18)7-6-8-20(23)27/h6-10,13-15,21,33H,5,11-12,31H2,1-4H3,(H,32,34,35). The number of nitrogens with two attached hydrogens (primary N) is 1. The highest BCUT2D eigenvalue weighted by Crippen LogP contribution is 2.39. The van der Waals surface area contributed by atoms with Gasteiger partial charge in [0.05, 0.1) is 16.7 Å². The van der Waals surface area contributed by atoms with Gasteiger partial charge in [-0.15, -0.1) is 0 Å². The minimum Gasteiger partial charge on any atom is -0.347 e. The lowest BCUT2D eigenvalue weighted by atomic mass is 9.82. The molecule has 1 aromatic carbocycles. The Kier molecular flexibility index (Phi) is 7.40. The van der Waals surface area contributed by atoms with Crippen LogP contribution in [0.5, 0.6) is 0 Å². The average molecular weight is 518 g/mol. The Bertz CT molecular complexity index is 1340. The van der Waals surface area contributed by atoms with Gasteiger partial charge in [0.1, 0.15) is 11.4 Å². The number of rotatable bonds is 8. The van der Waals surface area contributed by atoms with Gasteiger partial charge in [0.15, 0.2) is 0 Å². The first-order chi connectivity index (χ1) is 17.4. The van der Waals surface area contributed by atoms with E-state index in [9.17, 15) is 17.6 Å². The number of halogens is 4. The molecule has 0 fully saturated rings. The number of aryl methyl sites for hydroxylation is 1. The normalized spacial score (nSPS) is 20.1. The third-order valence-electron chi connectivity index (χ3n) is 6.55. The van der Waals surface area contributed by atoms with Gasteiger partial charge in [-0.25, -0.2) is 14.4 Å². The van der Waals surface area contributed by atoms with E-state index in [4.69, 9.17) is 5.73 Å². The van der Waals surface area contributed by atoms with Crippen molar-refractivity contribution in [3.05, 3.63) is 65.9 Å². The van der Waals surface area contributed by atoms with Crippen LogP contribution in [0.25, 0.3) is 22.2 Å². The SMILES string of the molecule is CCNC1(CCN(C)C)C=CC(Nc2ncc(C(F)(F)F)c(-c3cn(C)c4c(F)cccc34)n2)=CC1N. The molecule has 2 atom stereocenters. The zero-order chi connectivity index (χ0) is 27.0. The minimum absolute atomic E-state index is 0.0243. The maximum atomic E-state index is 14.4. The Morgan fingerprint density at radius 1 is 1.24 bits per heavy atom. The summed E-state index contributed by atoms with van der Waals surface area (Å²) in [5, 5.41) is 6.79. The molecule has 0 bridgehead atoms. The molecule has 1 aliphatic rings. The summed E-state index contributed by atoms with van der Waals surface area (Å²) >= 11 is 0. The van der Waals surface area contributed by atoms with E-state index < -0.39 is 29.1 Å². The van der Waals surface area contributed by atoms with E-state index in [0.717, 1.165) is 25.7 Å². The molecule has 0 radical (unpaired) electrons. The van der Waals surface area contributed by atoms with Gasteiger partial charge >= 0.3 is 6.18 Å². The van der Waals surface area contributed by atoms with E-state index in [1.54, 1.807) is 13.1 Å². The number of hydrogen-bond donors (Lipinski definition) is 3. The van der Waals surface area contributed by atoms with Crippen LogP contribution in [0.2, 0.25) is 0 Å². The molecule has 0 saturated heterocycles. The van der Waals surface area contributed by atoms with E-state index in [1.165, 1.54) is 22.9 Å². The zero-order valence-electron chi connectivity index (χ0n) is 21.2. The van der Waals surface area contributed by atoms with E-state index in [-0.39, 0.29) is 22.7 Å². The number of anilines is 1. The van der Waals surface area contributed by atoms with Crippen LogP contribution in [0, 0.1) is 5.82 Å². The quantitative estimate of drug-likeness (QED) is 0.387. The third kappa shape index (κ3) is 5.39. The second-order valence-corrected chi connectivity index (χ2v) is 9.47. The highest BCUT2D eigenvalue weighted by molar-refractivity contribution is 5.96. The number of likely N-dealkylation sites (N-methyl/N-ethyl adjacent to an activating group) is 1. The van der Waals surface area contributed by atoms with Gasteiger partial charge in [-0.2, -0.15) is 13.2 Å². The first-order valence-electron chi connectivity index (χ1n) is 12.0. The van der Waals surface area contributed by atoms with E-state index in [1.807, 2.05) is 39.2 Å². The lowest BCUT2D eigenvalue weighted by Crippen LogP contribution is -2.58. The lowest BCUT2D eigenvalue weighted by Gasteiger charge is -2.39. The van der Waals surface area contributed by atoms with Crippen molar-refractivity contribution in [1.82, 2.24) is 24.8 Å². The molecule has 4 rings (SSSR count). The van der Waals surface area contributed by atoms with Crippen LogP contribution in [-0.2, 0) is 13.2 Å². The third-order valence-corrected chi connectivity index (χ3v) is 6.55. The van der Waals surface area contributed by atoms with Crippen molar-refractivity contribution in [1.29, 1.82) is 0 Å². The van der Waals surface area contributed by atoms with Crippen LogP contribution in [-0.4, -0.2) is 58.2 Å². The van der Waals surface area contributed by atoms with Gasteiger partial charge in [0.25, 0.3) is 0 Å². The van der Waals surface area contributed by atoms with Crippen LogP contribution in [0.1, 0.15) is 18.9 Å². The highest BCUT2D eigenvalue weighted by Gasteiger charge is 2.37. The first-order valence-corrected chi connectivity index (χ1v) is 12.0. The zero-order valence-corrected chi connectivity index (χ0v) is 21.2. The van der Waals surface area contributed by atoms with Crippen LogP contribution in [0.3, 0.4) is 0 Å². The van der Waals surface area contributed by atoms with Gasteiger partial charge in [0, 0.05) is 42.1 Å². The molecule has 1 aliphatic carbocycles. The predicted molar refractivity (Wildman–Crippen MR) is 137 cm³/mol. The molecule has 0 aliphatic heterocycles. The molecule has 2 heterocycles. The molecule has 7 nitrogen and oxygen atoms in total. The van der Waals surface area contributed by atoms with Crippen LogP contribution in [0.4, 0.5) is 23.5 Å². The average Bonchev–Trinajstić information content (AvgIpc) is 3.17. The number of fused-ring (bicyclic) bond motifs is 1. The number of nitrogens with zero attached hydrogens (tertiary/aromatic N) is 4. The van der Waals surface area contributed by atoms with E-state index >= 15 is 0 Å². The van der Waals surface area contributed by atoms with Crippen molar-refractivity contribution in [2.75, 3.05) is 32.5 Å². The molecule has 37 heavy (non-hydrogen) atoms. The van der Waals surface area contributed by atoms with Crippen molar-refractivity contribution >= 4 is 16.9 Å². The Morgan fingerprint density at radius 2 is 2.00 bits per heavy atom. The molecule has 198 valence electrons. The monoisotopic (exact) mass is 517 g/mol. The van der Waals surface area contributed by atoms with Gasteiger partial charge in [-0.3, -0.25) is 0 Å². The predicted octanol–water partition coefficient (Wildman–Crippen LogP) is 4.29. The van der Waals surface area contributed by atoms with Crippen LogP contribution < -0.4 is 16.4 Å². The Labute approximate surface area is 213 Å². The largest absolute Gasteiger partial charge is 0.419 e. The lowest BCUT2D eigenvalue weighted by molar-refractivity contribution is -0.137. The first kappa shape index (κ1) is 26.8. The fraction of sp³-hybridized carbons (Fsp3) is 0.385. The molecule has 0 spiro atoms. The summed E-state index contributed by atoms with van der Waals surface area (Å²) in [6.45, 7) is 3.55. The molecular weight excluding hydrogens is 486 g/mol. The van der Waals surface area contributed by atoms with Crippen LogP contribution >= 0.6 is 0 Å². The van der Waals surface area contributed by atoms with Gasteiger partial charge in [0.2, 0.25) is 5.95 Å². The molecule has 0 saturated carbocycles. The molecular formula is C26H31F4N7. The second kappa shape index (κ2) is 10.2. The van der Waals surface area contributed by atoms with E-state index in [0.29, 0.717) is 11.1 Å².